The summed E-state index contributed by atoms with van der Waals surface area (Å²) in [6.45, 7) is 0. The molecule has 0 unspecified atom stereocenters. The zero-order valence-corrected chi connectivity index (χ0v) is 5.33. The fourth-order valence-corrected chi connectivity index (χ4v) is 1.38. The van der Waals surface area contributed by atoms with E-state index in [0.717, 1.165) is 10.2 Å². The summed E-state index contributed by atoms with van der Waals surface area (Å²) in [6.07, 6.45) is 0. The van der Waals surface area contributed by atoms with Gasteiger partial charge in [0.15, 0.2) is 0 Å². The second-order valence-electron chi connectivity index (χ2n) is 1.82. The number of hydrogen-bond acceptors (Lipinski definition) is 1. The fourth-order valence-electron chi connectivity index (χ4n) is 0.753. The molecule has 0 radical (unpaired) electrons. The van der Waals surface area contributed by atoms with E-state index in [4.69, 9.17) is 0 Å². The van der Waals surface area contributed by atoms with Crippen LogP contribution in [-0.4, -0.2) is 4.37 Å². The Morgan fingerprint density at radius 1 is 1.44 bits per heavy atom. The highest BCUT2D eigenvalue weighted by Crippen LogP contribution is 2.22. The van der Waals surface area contributed by atoms with Gasteiger partial charge in [-0.05, 0) is 12.1 Å². The molecule has 1 heterocycles. The van der Waals surface area contributed by atoms with Crippen LogP contribution in [0, 0.1) is 5.82 Å². The molecular formula is C6H4FNS. The second kappa shape index (κ2) is 1.57. The molecule has 0 aliphatic rings. The highest BCUT2D eigenvalue weighted by Gasteiger charge is 2.01. The third kappa shape index (κ3) is 0.580. The van der Waals surface area contributed by atoms with Crippen molar-refractivity contribution in [3.63, 3.8) is 0 Å². The number of H-pyrrole nitrogens is 1. The van der Waals surface area contributed by atoms with Crippen molar-refractivity contribution in [1.29, 1.82) is 0 Å². The number of aromatic nitrogens is 1. The van der Waals surface area contributed by atoms with Crippen LogP contribution in [0.1, 0.15) is 0 Å². The van der Waals surface area contributed by atoms with E-state index in [0.29, 0.717) is 0 Å². The molecule has 1 aromatic heterocycles. The van der Waals surface area contributed by atoms with Crippen LogP contribution in [-0.2, 0) is 0 Å². The van der Waals surface area contributed by atoms with Crippen molar-refractivity contribution in [2.75, 3.05) is 0 Å². The molecule has 3 heteroatoms. The lowest BCUT2D eigenvalue weighted by molar-refractivity contribution is 0.641. The monoisotopic (exact) mass is 141 g/mol. The Morgan fingerprint density at radius 2 is 2.33 bits per heavy atom. The van der Waals surface area contributed by atoms with Gasteiger partial charge in [0.2, 0.25) is 0 Å². The molecule has 0 saturated carbocycles. The Kier molecular flexibility index (Phi) is 0.873. The van der Waals surface area contributed by atoms with Gasteiger partial charge in [-0.3, -0.25) is 0 Å². The van der Waals surface area contributed by atoms with E-state index < -0.39 is 0 Å². The van der Waals surface area contributed by atoms with E-state index in [-0.39, 0.29) is 5.82 Å². The normalized spacial score (nSPS) is 10.8. The maximum atomic E-state index is 12.6. The first kappa shape index (κ1) is 4.99. The average molecular weight is 141 g/mol. The molecule has 0 spiro atoms. The van der Waals surface area contributed by atoms with Crippen LogP contribution in [0.3, 0.4) is 0 Å². The van der Waals surface area contributed by atoms with Crippen LogP contribution in [0.25, 0.3) is 10.2 Å². The largest absolute Gasteiger partial charge is 0.309 e. The maximum absolute atomic E-state index is 12.6. The van der Waals surface area contributed by atoms with Gasteiger partial charge in [0.25, 0.3) is 0 Å². The van der Waals surface area contributed by atoms with Crippen LogP contribution in [0.5, 0.6) is 0 Å². The summed E-state index contributed by atoms with van der Waals surface area (Å²) in [5, 5.41) is 0. The number of halogens is 1. The third-order valence-electron chi connectivity index (χ3n) is 1.23. The van der Waals surface area contributed by atoms with E-state index in [1.54, 1.807) is 6.07 Å². The molecule has 2 aromatic rings. The topological polar surface area (TPSA) is 15.8 Å². The maximum Gasteiger partial charge on any atom is 0.144 e. The Morgan fingerprint density at radius 3 is 2.78 bits per heavy atom. The molecule has 9 heavy (non-hydrogen) atoms. The zero-order chi connectivity index (χ0) is 6.27. The lowest BCUT2D eigenvalue weighted by Gasteiger charge is -1.99. The molecule has 0 aliphatic carbocycles. The van der Waals surface area contributed by atoms with Crippen molar-refractivity contribution in [1.82, 2.24) is 4.37 Å². The Hall–Kier alpha value is -0.830. The van der Waals surface area contributed by atoms with Gasteiger partial charge >= 0.3 is 0 Å². The van der Waals surface area contributed by atoms with Gasteiger partial charge in [-0.1, -0.05) is 17.6 Å². The molecule has 1 N–H and O–H groups in total. The molecule has 1 aromatic carbocycles. The molecule has 0 amide bonds. The van der Waals surface area contributed by atoms with Crippen LogP contribution in [0.4, 0.5) is 4.39 Å². The Bertz CT molecular complexity index is 322. The molecular weight excluding hydrogens is 137 g/mol. The van der Waals surface area contributed by atoms with Crippen molar-refractivity contribution in [2.24, 2.45) is 0 Å². The van der Waals surface area contributed by atoms with Crippen molar-refractivity contribution < 1.29 is 4.39 Å². The van der Waals surface area contributed by atoms with E-state index in [1.807, 2.05) is 6.07 Å². The van der Waals surface area contributed by atoms with E-state index in [9.17, 15) is 4.39 Å². The number of benzene rings is 1. The van der Waals surface area contributed by atoms with Crippen LogP contribution in [0.15, 0.2) is 18.2 Å². The summed E-state index contributed by atoms with van der Waals surface area (Å²) >= 11 is 1.33. The minimum Gasteiger partial charge on any atom is -0.309 e. The minimum atomic E-state index is -0.128. The van der Waals surface area contributed by atoms with E-state index >= 15 is 0 Å². The standard InChI is InChI=1S/C6H4FNS/c7-4-2-1-3-5-6(4)9-8-5/h1-3,8H. The Balaban J connectivity index is 2.86. The number of fused-ring (bicyclic) bond motifs is 1. The molecule has 0 bridgehead atoms. The lowest BCUT2D eigenvalue weighted by atomic mass is 10.3. The Labute approximate surface area is 55.3 Å². The number of rotatable bonds is 0. The molecule has 0 atom stereocenters. The predicted octanol–water partition coefficient (Wildman–Crippen LogP) is 2.37. The summed E-state index contributed by atoms with van der Waals surface area (Å²) in [5.74, 6) is -0.128. The highest BCUT2D eigenvalue weighted by atomic mass is 32.1. The van der Waals surface area contributed by atoms with Crippen molar-refractivity contribution >= 4 is 21.7 Å². The smallest absolute Gasteiger partial charge is 0.144 e. The molecule has 1 nitrogen and oxygen atoms in total. The third-order valence-corrected chi connectivity index (χ3v) is 2.17. The minimum absolute atomic E-state index is 0.128. The summed E-state index contributed by atoms with van der Waals surface area (Å²) in [7, 11) is 0. The van der Waals surface area contributed by atoms with Crippen LogP contribution >= 0.6 is 11.5 Å². The second-order valence-corrected chi connectivity index (χ2v) is 2.64. The summed E-state index contributed by atoms with van der Waals surface area (Å²) in [4.78, 5) is 0. The zero-order valence-electron chi connectivity index (χ0n) is 4.52. The van der Waals surface area contributed by atoms with Crippen LogP contribution in [0.2, 0.25) is 0 Å². The highest BCUT2D eigenvalue weighted by molar-refractivity contribution is 7.15. The fraction of sp³-hybridized carbons (Fsp3) is 0. The number of nitrogens with one attached hydrogen (secondary N) is 1. The van der Waals surface area contributed by atoms with Gasteiger partial charge < -0.3 is 4.37 Å². The molecule has 0 aliphatic heterocycles. The first-order chi connectivity index (χ1) is 4.38. The van der Waals surface area contributed by atoms with Crippen molar-refractivity contribution in [3.8, 4) is 0 Å². The molecule has 2 rings (SSSR count). The van der Waals surface area contributed by atoms with Gasteiger partial charge in [0.05, 0.1) is 5.52 Å². The van der Waals surface area contributed by atoms with Crippen LogP contribution < -0.4 is 0 Å². The van der Waals surface area contributed by atoms with E-state index in [2.05, 4.69) is 4.37 Å². The first-order valence-electron chi connectivity index (χ1n) is 2.59. The summed E-state index contributed by atoms with van der Waals surface area (Å²) < 4.78 is 16.2. The van der Waals surface area contributed by atoms with Gasteiger partial charge in [-0.2, -0.15) is 0 Å². The van der Waals surface area contributed by atoms with Gasteiger partial charge in [0, 0.05) is 0 Å². The molecule has 0 saturated heterocycles. The number of hydrogen-bond donors (Lipinski definition) is 1. The molecule has 0 fully saturated rings. The number of aromatic amines is 1. The van der Waals surface area contributed by atoms with Crippen molar-refractivity contribution in [2.45, 2.75) is 0 Å². The van der Waals surface area contributed by atoms with Gasteiger partial charge in [-0.25, -0.2) is 4.39 Å². The lowest BCUT2D eigenvalue weighted by Crippen LogP contribution is -1.81. The van der Waals surface area contributed by atoms with Gasteiger partial charge in [-0.15, -0.1) is 0 Å². The summed E-state index contributed by atoms with van der Waals surface area (Å²) in [6, 6.07) is 5.02. The molecule has 46 valence electrons. The van der Waals surface area contributed by atoms with Gasteiger partial charge in [0.1, 0.15) is 10.5 Å². The summed E-state index contributed by atoms with van der Waals surface area (Å²) in [5.41, 5.74) is 0.903. The predicted molar refractivity (Wildman–Crippen MR) is 36.1 cm³/mol. The van der Waals surface area contributed by atoms with E-state index in [1.165, 1.54) is 17.6 Å². The van der Waals surface area contributed by atoms with Crippen molar-refractivity contribution in [3.05, 3.63) is 24.0 Å². The quantitative estimate of drug-likeness (QED) is 0.579. The first-order valence-corrected chi connectivity index (χ1v) is 3.41. The SMILES string of the molecule is Fc1cccc2[nH]sc12. The average Bonchev–Trinajstić information content (AvgIpc) is 1.74.